The topological polar surface area (TPSA) is 63.6 Å². The van der Waals surface area contributed by atoms with Gasteiger partial charge in [0.15, 0.2) is 29.3 Å². The number of methoxy groups -OCH3 is 1. The van der Waals surface area contributed by atoms with Crippen LogP contribution in [-0.2, 0) is 4.79 Å². The van der Waals surface area contributed by atoms with E-state index in [1.54, 1.807) is 19.2 Å². The van der Waals surface area contributed by atoms with Crippen molar-refractivity contribution < 1.29 is 19.0 Å². The first-order valence-electron chi connectivity index (χ1n) is 10.0. The number of benzene rings is 3. The lowest BCUT2D eigenvalue weighted by Crippen LogP contribution is -2.37. The van der Waals surface area contributed by atoms with Gasteiger partial charge >= 0.3 is 0 Å². The summed E-state index contributed by atoms with van der Waals surface area (Å²) in [5.41, 5.74) is 2.49. The van der Waals surface area contributed by atoms with Gasteiger partial charge in [0.25, 0.3) is 0 Å². The van der Waals surface area contributed by atoms with Crippen LogP contribution in [0, 0.1) is 0 Å². The SMILES string of the molecule is COc1ccc(N2C(C(C)=O)=NN(c3ccc(Cl)cc3)[C@H]2c2ccc3c(c2)OCO3)cc1. The van der Waals surface area contributed by atoms with Gasteiger partial charge in [-0.25, -0.2) is 5.01 Å². The van der Waals surface area contributed by atoms with Crippen molar-refractivity contribution in [2.24, 2.45) is 5.10 Å². The fourth-order valence-electron chi connectivity index (χ4n) is 3.83. The molecule has 0 saturated heterocycles. The molecule has 2 heterocycles. The maximum absolute atomic E-state index is 12.7. The molecule has 0 spiro atoms. The Morgan fingerprint density at radius 1 is 1.00 bits per heavy atom. The minimum atomic E-state index is -0.432. The van der Waals surface area contributed by atoms with Crippen molar-refractivity contribution in [1.82, 2.24) is 0 Å². The third-order valence-electron chi connectivity index (χ3n) is 5.36. The summed E-state index contributed by atoms with van der Waals surface area (Å²) < 4.78 is 16.4. The lowest BCUT2D eigenvalue weighted by molar-refractivity contribution is -0.111. The normalized spacial score (nSPS) is 16.8. The van der Waals surface area contributed by atoms with Gasteiger partial charge in [-0.1, -0.05) is 17.7 Å². The van der Waals surface area contributed by atoms with Crippen molar-refractivity contribution in [2.75, 3.05) is 23.8 Å². The van der Waals surface area contributed by atoms with E-state index in [1.807, 2.05) is 64.5 Å². The molecule has 0 aromatic heterocycles. The Kier molecular flexibility index (Phi) is 5.11. The zero-order valence-corrected chi connectivity index (χ0v) is 18.2. The molecule has 0 amide bonds. The van der Waals surface area contributed by atoms with Gasteiger partial charge in [0.2, 0.25) is 6.79 Å². The number of hydrogen-bond donors (Lipinski definition) is 0. The van der Waals surface area contributed by atoms with Crippen molar-refractivity contribution in [1.29, 1.82) is 0 Å². The molecule has 162 valence electrons. The maximum Gasteiger partial charge on any atom is 0.231 e. The van der Waals surface area contributed by atoms with Gasteiger partial charge in [0.1, 0.15) is 5.75 Å². The molecule has 3 aromatic rings. The molecule has 7 nitrogen and oxygen atoms in total. The first-order chi connectivity index (χ1) is 15.5. The lowest BCUT2D eigenvalue weighted by atomic mass is 10.1. The number of carbonyl (C=O) groups excluding carboxylic acids is 1. The van der Waals surface area contributed by atoms with E-state index in [-0.39, 0.29) is 12.6 Å². The van der Waals surface area contributed by atoms with Crippen LogP contribution in [0.5, 0.6) is 17.2 Å². The van der Waals surface area contributed by atoms with Crippen molar-refractivity contribution in [3.05, 3.63) is 77.3 Å². The Labute approximate surface area is 190 Å². The van der Waals surface area contributed by atoms with Gasteiger partial charge < -0.3 is 14.2 Å². The molecule has 2 aliphatic rings. The van der Waals surface area contributed by atoms with E-state index < -0.39 is 6.17 Å². The van der Waals surface area contributed by atoms with Crippen LogP contribution >= 0.6 is 11.6 Å². The highest BCUT2D eigenvalue weighted by molar-refractivity contribution is 6.44. The van der Waals surface area contributed by atoms with Crippen LogP contribution < -0.4 is 24.1 Å². The second-order valence-corrected chi connectivity index (χ2v) is 7.79. The highest BCUT2D eigenvalue weighted by Crippen LogP contribution is 2.42. The Morgan fingerprint density at radius 3 is 2.38 bits per heavy atom. The van der Waals surface area contributed by atoms with Crippen LogP contribution in [0.1, 0.15) is 18.7 Å². The molecular formula is C24H20ClN3O4. The average molecular weight is 450 g/mol. The highest BCUT2D eigenvalue weighted by Gasteiger charge is 2.39. The molecule has 2 aliphatic heterocycles. The molecule has 0 N–H and O–H groups in total. The highest BCUT2D eigenvalue weighted by atomic mass is 35.5. The monoisotopic (exact) mass is 449 g/mol. The van der Waals surface area contributed by atoms with Crippen LogP contribution in [0.2, 0.25) is 5.02 Å². The molecule has 1 atom stereocenters. The quantitative estimate of drug-likeness (QED) is 0.546. The third-order valence-corrected chi connectivity index (χ3v) is 5.61. The summed E-state index contributed by atoms with van der Waals surface area (Å²) in [5.74, 6) is 2.25. The predicted molar refractivity (Wildman–Crippen MR) is 123 cm³/mol. The minimum Gasteiger partial charge on any atom is -0.497 e. The summed E-state index contributed by atoms with van der Waals surface area (Å²) >= 11 is 6.11. The molecule has 0 unspecified atom stereocenters. The van der Waals surface area contributed by atoms with E-state index >= 15 is 0 Å². The number of hydrogen-bond acceptors (Lipinski definition) is 7. The molecule has 3 aromatic carbocycles. The Hall–Kier alpha value is -3.71. The van der Waals surface area contributed by atoms with E-state index in [0.717, 1.165) is 22.7 Å². The smallest absolute Gasteiger partial charge is 0.231 e. The zero-order valence-electron chi connectivity index (χ0n) is 17.5. The van der Waals surface area contributed by atoms with Gasteiger partial charge in [0.05, 0.1) is 12.8 Å². The molecule has 0 aliphatic carbocycles. The zero-order chi connectivity index (χ0) is 22.2. The minimum absolute atomic E-state index is 0.150. The second-order valence-electron chi connectivity index (χ2n) is 7.36. The maximum atomic E-state index is 12.7. The summed E-state index contributed by atoms with van der Waals surface area (Å²) in [6, 6.07) is 20.6. The van der Waals surface area contributed by atoms with Crippen LogP contribution in [0.15, 0.2) is 71.8 Å². The van der Waals surface area contributed by atoms with E-state index in [4.69, 9.17) is 30.9 Å². The van der Waals surface area contributed by atoms with E-state index in [0.29, 0.717) is 22.4 Å². The van der Waals surface area contributed by atoms with E-state index in [9.17, 15) is 4.79 Å². The number of fused-ring (bicyclic) bond motifs is 1. The summed E-state index contributed by atoms with van der Waals surface area (Å²) in [6.45, 7) is 1.69. The van der Waals surface area contributed by atoms with Gasteiger partial charge in [-0.3, -0.25) is 9.69 Å². The number of carbonyl (C=O) groups is 1. The molecule has 8 heteroatoms. The average Bonchev–Trinajstić information content (AvgIpc) is 3.44. The number of Topliss-reactive ketones (excluding diaryl/α,β-unsaturated/α-hetero) is 1. The molecule has 0 saturated carbocycles. The predicted octanol–water partition coefficient (Wildman–Crippen LogP) is 5.01. The van der Waals surface area contributed by atoms with Crippen LogP contribution in [-0.4, -0.2) is 25.5 Å². The molecule has 0 fully saturated rings. The number of halogens is 1. The molecule has 32 heavy (non-hydrogen) atoms. The van der Waals surface area contributed by atoms with Crippen LogP contribution in [0.4, 0.5) is 11.4 Å². The Morgan fingerprint density at radius 2 is 1.69 bits per heavy atom. The summed E-state index contributed by atoms with van der Waals surface area (Å²) in [6.07, 6.45) is -0.432. The van der Waals surface area contributed by atoms with E-state index in [1.165, 1.54) is 6.92 Å². The number of ether oxygens (including phenoxy) is 3. The number of anilines is 2. The number of amidine groups is 1. The molecule has 0 radical (unpaired) electrons. The van der Waals surface area contributed by atoms with Crippen LogP contribution in [0.3, 0.4) is 0 Å². The number of nitrogens with zero attached hydrogens (tertiary/aromatic N) is 3. The van der Waals surface area contributed by atoms with Gasteiger partial charge in [-0.05, 0) is 60.7 Å². The second kappa shape index (κ2) is 8.09. The van der Waals surface area contributed by atoms with Gasteiger partial charge in [0, 0.05) is 23.2 Å². The molecular weight excluding hydrogens is 430 g/mol. The number of hydrazone groups is 1. The van der Waals surface area contributed by atoms with Gasteiger partial charge in [-0.2, -0.15) is 0 Å². The van der Waals surface area contributed by atoms with Crippen molar-refractivity contribution in [3.8, 4) is 17.2 Å². The molecule has 0 bridgehead atoms. The lowest BCUT2D eigenvalue weighted by Gasteiger charge is -2.32. The third kappa shape index (κ3) is 3.50. The Balaban J connectivity index is 1.66. The van der Waals surface area contributed by atoms with Crippen molar-refractivity contribution >= 4 is 34.6 Å². The first kappa shape index (κ1) is 20.2. The number of ketones is 1. The standard InChI is InChI=1S/C24H20ClN3O4/c1-15(29)23-26-28(19-6-4-17(25)5-7-19)24(16-3-12-21-22(13-16)32-14-31-21)27(23)18-8-10-20(30-2)11-9-18/h3-13,24H,14H2,1-2H3/t24-/m0/s1. The fourth-order valence-corrected chi connectivity index (χ4v) is 3.96. The van der Waals surface area contributed by atoms with Crippen molar-refractivity contribution in [2.45, 2.75) is 13.1 Å². The number of rotatable bonds is 5. The largest absolute Gasteiger partial charge is 0.497 e. The van der Waals surface area contributed by atoms with Crippen LogP contribution in [0.25, 0.3) is 0 Å². The summed E-state index contributed by atoms with van der Waals surface area (Å²) in [4.78, 5) is 14.6. The summed E-state index contributed by atoms with van der Waals surface area (Å²) in [5, 5.41) is 7.15. The van der Waals surface area contributed by atoms with E-state index in [2.05, 4.69) is 0 Å². The Bertz CT molecular complexity index is 1190. The molecule has 5 rings (SSSR count). The van der Waals surface area contributed by atoms with Crippen molar-refractivity contribution in [3.63, 3.8) is 0 Å². The first-order valence-corrected chi connectivity index (χ1v) is 10.4. The summed E-state index contributed by atoms with van der Waals surface area (Å²) in [7, 11) is 1.62. The fraction of sp³-hybridized carbons (Fsp3) is 0.167. The van der Waals surface area contributed by atoms with Gasteiger partial charge in [-0.15, -0.1) is 5.10 Å².